The maximum atomic E-state index is 13.2. The van der Waals surface area contributed by atoms with Crippen LogP contribution >= 0.6 is 0 Å². The highest BCUT2D eigenvalue weighted by molar-refractivity contribution is 5.96. The van der Waals surface area contributed by atoms with Crippen molar-refractivity contribution < 1.29 is 19.5 Å². The van der Waals surface area contributed by atoms with Crippen molar-refractivity contribution in [2.45, 2.75) is 66.7 Å². The van der Waals surface area contributed by atoms with E-state index in [4.69, 9.17) is 4.84 Å². The highest BCUT2D eigenvalue weighted by Crippen LogP contribution is 2.82. The van der Waals surface area contributed by atoms with Gasteiger partial charge < -0.3 is 14.7 Å². The molecule has 3 saturated carbocycles. The first kappa shape index (κ1) is 21.6. The number of aliphatic carboxylic acids is 1. The third-order valence-electron chi connectivity index (χ3n) is 9.41. The van der Waals surface area contributed by atoms with Gasteiger partial charge in [-0.2, -0.15) is 0 Å². The Morgan fingerprint density at radius 1 is 1.30 bits per heavy atom. The van der Waals surface area contributed by atoms with Gasteiger partial charge in [-0.1, -0.05) is 64.3 Å². The molecule has 4 rings (SSSR count). The molecule has 8 atom stereocenters. The van der Waals surface area contributed by atoms with Crippen molar-refractivity contribution in [3.05, 3.63) is 11.6 Å². The molecule has 3 unspecified atom stereocenters. The average molecular weight is 416 g/mol. The molecular formula is C25H37NO4. The van der Waals surface area contributed by atoms with Crippen LogP contribution in [0.15, 0.2) is 16.8 Å². The van der Waals surface area contributed by atoms with Crippen molar-refractivity contribution in [3.8, 4) is 0 Å². The maximum absolute atomic E-state index is 13.2. The van der Waals surface area contributed by atoms with Gasteiger partial charge in [-0.25, -0.2) is 0 Å². The number of fused-ring (bicyclic) bond motifs is 2. The predicted molar refractivity (Wildman–Crippen MR) is 116 cm³/mol. The lowest BCUT2D eigenvalue weighted by Gasteiger charge is -2.57. The number of oxime groups is 1. The number of nitrogens with zero attached hydrogens (tertiary/aromatic N) is 1. The second kappa shape index (κ2) is 7.20. The molecule has 0 aromatic carbocycles. The Bertz CT molecular complexity index is 788. The summed E-state index contributed by atoms with van der Waals surface area (Å²) in [4.78, 5) is 31.8. The van der Waals surface area contributed by atoms with Gasteiger partial charge in [-0.3, -0.25) is 4.79 Å². The van der Waals surface area contributed by atoms with Gasteiger partial charge >= 0.3 is 5.97 Å². The molecule has 166 valence electrons. The minimum Gasteiger partial charge on any atom is -0.481 e. The molecule has 1 N–H and O–H groups in total. The van der Waals surface area contributed by atoms with Gasteiger partial charge in [0, 0.05) is 5.41 Å². The second-order valence-corrected chi connectivity index (χ2v) is 10.9. The SMILES string of the molecule is CC[C@@H](C)CO/N=C/C12C[C@@H]3[C@H](C)CC[C@H]3C3(C=O)CC1C=C(C(C)C)[C@@]23C(=O)O. The Labute approximate surface area is 180 Å². The first-order valence-corrected chi connectivity index (χ1v) is 11.8. The van der Waals surface area contributed by atoms with Crippen molar-refractivity contribution in [3.63, 3.8) is 0 Å². The monoisotopic (exact) mass is 415 g/mol. The van der Waals surface area contributed by atoms with Gasteiger partial charge in [0.25, 0.3) is 0 Å². The minimum atomic E-state index is -1.20. The normalized spacial score (nSPS) is 44.9. The number of carboxylic acids is 1. The second-order valence-electron chi connectivity index (χ2n) is 10.9. The summed E-state index contributed by atoms with van der Waals surface area (Å²) in [6.45, 7) is 11.2. The summed E-state index contributed by atoms with van der Waals surface area (Å²) in [6.07, 6.45) is 9.52. The van der Waals surface area contributed by atoms with Gasteiger partial charge in [-0.05, 0) is 54.8 Å². The third kappa shape index (κ3) is 2.38. The fourth-order valence-electron chi connectivity index (χ4n) is 7.91. The Morgan fingerprint density at radius 2 is 2.03 bits per heavy atom. The Morgan fingerprint density at radius 3 is 2.63 bits per heavy atom. The molecule has 3 fully saturated rings. The van der Waals surface area contributed by atoms with Crippen LogP contribution in [0.25, 0.3) is 0 Å². The van der Waals surface area contributed by atoms with Crippen LogP contribution in [0.5, 0.6) is 0 Å². The van der Waals surface area contributed by atoms with Crippen molar-refractivity contribution in [2.24, 2.45) is 56.9 Å². The van der Waals surface area contributed by atoms with E-state index in [0.29, 0.717) is 30.8 Å². The molecule has 4 bridgehead atoms. The molecule has 0 radical (unpaired) electrons. The van der Waals surface area contributed by atoms with E-state index >= 15 is 0 Å². The first-order valence-electron chi connectivity index (χ1n) is 11.8. The molecule has 0 aromatic rings. The average Bonchev–Trinajstić information content (AvgIpc) is 3.28. The molecule has 0 saturated heterocycles. The van der Waals surface area contributed by atoms with E-state index in [1.165, 1.54) is 0 Å². The van der Waals surface area contributed by atoms with E-state index in [-0.39, 0.29) is 17.8 Å². The predicted octanol–water partition coefficient (Wildman–Crippen LogP) is 4.96. The van der Waals surface area contributed by atoms with Crippen LogP contribution in [0.2, 0.25) is 0 Å². The lowest BCUT2D eigenvalue weighted by Crippen LogP contribution is -2.63. The van der Waals surface area contributed by atoms with Crippen LogP contribution in [0, 0.1) is 51.8 Å². The zero-order valence-corrected chi connectivity index (χ0v) is 19.1. The summed E-state index contributed by atoms with van der Waals surface area (Å²) >= 11 is 0. The van der Waals surface area contributed by atoms with Crippen molar-refractivity contribution >= 4 is 18.5 Å². The molecule has 0 spiro atoms. The largest absolute Gasteiger partial charge is 0.481 e. The number of hydrogen-bond donors (Lipinski definition) is 1. The molecule has 30 heavy (non-hydrogen) atoms. The van der Waals surface area contributed by atoms with Crippen LogP contribution in [0.1, 0.15) is 66.7 Å². The number of aldehydes is 1. The van der Waals surface area contributed by atoms with Crippen molar-refractivity contribution in [1.82, 2.24) is 0 Å². The molecule has 5 nitrogen and oxygen atoms in total. The lowest BCUT2D eigenvalue weighted by molar-refractivity contribution is -0.173. The molecular weight excluding hydrogens is 378 g/mol. The number of carbonyl (C=O) groups is 2. The van der Waals surface area contributed by atoms with Gasteiger partial charge in [0.1, 0.15) is 18.3 Å². The molecule has 0 amide bonds. The van der Waals surface area contributed by atoms with E-state index in [2.05, 4.69) is 45.9 Å². The smallest absolute Gasteiger partial charge is 0.315 e. The van der Waals surface area contributed by atoms with E-state index in [0.717, 1.165) is 37.5 Å². The minimum absolute atomic E-state index is 0.0324. The fraction of sp³-hybridized carbons (Fsp3) is 0.800. The number of carbonyl (C=O) groups excluding carboxylic acids is 1. The third-order valence-corrected chi connectivity index (χ3v) is 9.41. The van der Waals surface area contributed by atoms with E-state index in [1.54, 1.807) is 0 Å². The van der Waals surface area contributed by atoms with Gasteiger partial charge in [0.15, 0.2) is 0 Å². The molecule has 4 aliphatic carbocycles. The van der Waals surface area contributed by atoms with E-state index in [9.17, 15) is 14.7 Å². The zero-order chi connectivity index (χ0) is 21.9. The Kier molecular flexibility index (Phi) is 5.18. The van der Waals surface area contributed by atoms with E-state index in [1.807, 2.05) is 6.21 Å². The van der Waals surface area contributed by atoms with Crippen LogP contribution < -0.4 is 0 Å². The number of hydrogen-bond acceptors (Lipinski definition) is 4. The zero-order valence-electron chi connectivity index (χ0n) is 19.1. The van der Waals surface area contributed by atoms with Gasteiger partial charge in [0.2, 0.25) is 0 Å². The van der Waals surface area contributed by atoms with Gasteiger partial charge in [-0.15, -0.1) is 0 Å². The van der Waals surface area contributed by atoms with Crippen LogP contribution in [0.3, 0.4) is 0 Å². The van der Waals surface area contributed by atoms with Gasteiger partial charge in [0.05, 0.1) is 11.6 Å². The summed E-state index contributed by atoms with van der Waals surface area (Å²) in [5.41, 5.74) is -1.78. The van der Waals surface area contributed by atoms with Crippen LogP contribution in [0.4, 0.5) is 0 Å². The Hall–Kier alpha value is -1.65. The molecule has 5 heteroatoms. The summed E-state index contributed by atoms with van der Waals surface area (Å²) < 4.78 is 0. The summed E-state index contributed by atoms with van der Waals surface area (Å²) in [5, 5.41) is 15.2. The molecule has 0 aliphatic heterocycles. The van der Waals surface area contributed by atoms with Crippen molar-refractivity contribution in [2.75, 3.05) is 6.61 Å². The summed E-state index contributed by atoms with van der Waals surface area (Å²) in [5.74, 6) is 0.692. The fourth-order valence-corrected chi connectivity index (χ4v) is 7.91. The standard InChI is InChI=1S/C25H37NO4/c1-6-16(4)12-30-26-13-23-11-19-17(5)7-8-20(19)24(14-27)10-18(23)9-21(15(2)3)25(23,24)22(28)29/h9,13-20H,6-8,10-12H2,1-5H3,(H,28,29)/b26-13+/t16-,17-,18?,19-,20-,23?,24?,25-/m1/s1. The van der Waals surface area contributed by atoms with E-state index < -0.39 is 22.2 Å². The summed E-state index contributed by atoms with van der Waals surface area (Å²) in [7, 11) is 0. The lowest BCUT2D eigenvalue weighted by atomic mass is 9.43. The van der Waals surface area contributed by atoms with Crippen LogP contribution in [-0.4, -0.2) is 30.2 Å². The maximum Gasteiger partial charge on any atom is 0.315 e. The Balaban J connectivity index is 1.86. The highest BCUT2D eigenvalue weighted by Gasteiger charge is 2.84. The summed E-state index contributed by atoms with van der Waals surface area (Å²) in [6, 6.07) is 0. The molecule has 4 aliphatic rings. The highest BCUT2D eigenvalue weighted by atomic mass is 16.6. The number of allylic oxidation sites excluding steroid dienone is 1. The quantitative estimate of drug-likeness (QED) is 0.263. The molecule has 0 aromatic heterocycles. The first-order chi connectivity index (χ1) is 14.2. The molecule has 0 heterocycles. The van der Waals surface area contributed by atoms with Crippen LogP contribution in [-0.2, 0) is 14.4 Å². The number of rotatable bonds is 8. The topological polar surface area (TPSA) is 76.0 Å². The number of carboxylic acid groups (broad SMARTS) is 1. The van der Waals surface area contributed by atoms with Crippen molar-refractivity contribution in [1.29, 1.82) is 0 Å².